The van der Waals surface area contributed by atoms with Gasteiger partial charge in [-0.2, -0.15) is 0 Å². The third-order valence-corrected chi connectivity index (χ3v) is 5.60. The Labute approximate surface area is 154 Å². The van der Waals surface area contributed by atoms with Gasteiger partial charge in [0.1, 0.15) is 13.2 Å². The number of hydrogen-bond acceptors (Lipinski definition) is 4. The van der Waals surface area contributed by atoms with Gasteiger partial charge in [-0.15, -0.1) is 0 Å². The number of aliphatic hydroxyl groups is 1. The highest BCUT2D eigenvalue weighted by atomic mass is 16.5. The molecule has 142 valence electrons. The van der Waals surface area contributed by atoms with E-state index in [-0.39, 0.29) is 37.0 Å². The van der Waals surface area contributed by atoms with Crippen LogP contribution in [0.2, 0.25) is 0 Å². The van der Waals surface area contributed by atoms with Gasteiger partial charge in [-0.1, -0.05) is 37.1 Å². The molecule has 0 bridgehead atoms. The minimum atomic E-state index is -0.235. The molecule has 2 N–H and O–H groups in total. The summed E-state index contributed by atoms with van der Waals surface area (Å²) in [6.45, 7) is 1.65. The zero-order chi connectivity index (χ0) is 18.4. The van der Waals surface area contributed by atoms with Crippen molar-refractivity contribution in [3.63, 3.8) is 0 Å². The second-order valence-corrected chi connectivity index (χ2v) is 7.47. The summed E-state index contributed by atoms with van der Waals surface area (Å²) < 4.78 is 5.31. The quantitative estimate of drug-likeness (QED) is 0.767. The molecule has 2 aliphatic rings. The Morgan fingerprint density at radius 3 is 2.62 bits per heavy atom. The predicted molar refractivity (Wildman–Crippen MR) is 97.4 cm³/mol. The summed E-state index contributed by atoms with van der Waals surface area (Å²) in [6, 6.07) is 8.15. The van der Waals surface area contributed by atoms with Gasteiger partial charge in [0.25, 0.3) is 0 Å². The summed E-state index contributed by atoms with van der Waals surface area (Å²) in [7, 11) is 0. The number of ether oxygens (including phenoxy) is 1. The number of nitrogens with one attached hydrogen (secondary N) is 1. The van der Waals surface area contributed by atoms with Crippen molar-refractivity contribution in [1.82, 2.24) is 10.2 Å². The van der Waals surface area contributed by atoms with Crippen LogP contribution in [0.4, 0.5) is 0 Å². The smallest absolute Gasteiger partial charge is 0.248 e. The summed E-state index contributed by atoms with van der Waals surface area (Å²) in [6.07, 6.45) is 4.94. The lowest BCUT2D eigenvalue weighted by Gasteiger charge is -2.29. The molecule has 1 saturated carbocycles. The molecule has 0 unspecified atom stereocenters. The Bertz CT molecular complexity index is 640. The van der Waals surface area contributed by atoms with Gasteiger partial charge in [-0.3, -0.25) is 9.59 Å². The van der Waals surface area contributed by atoms with Crippen molar-refractivity contribution in [3.05, 3.63) is 35.4 Å². The Morgan fingerprint density at radius 1 is 1.15 bits per heavy atom. The van der Waals surface area contributed by atoms with E-state index >= 15 is 0 Å². The lowest BCUT2D eigenvalue weighted by molar-refractivity contribution is -0.139. The molecule has 6 nitrogen and oxygen atoms in total. The Morgan fingerprint density at radius 2 is 1.88 bits per heavy atom. The number of rotatable bonds is 7. The van der Waals surface area contributed by atoms with Gasteiger partial charge in [0.05, 0.1) is 6.61 Å². The van der Waals surface area contributed by atoms with Crippen molar-refractivity contribution in [1.29, 1.82) is 0 Å². The molecule has 1 aromatic carbocycles. The SMILES string of the molecule is O=C(COCC(=O)N1CCc2ccccc2C1)NCC1(CO)CCCC1. The minimum absolute atomic E-state index is 0.0826. The summed E-state index contributed by atoms with van der Waals surface area (Å²) in [5.74, 6) is -0.323. The number of aliphatic hydroxyl groups excluding tert-OH is 1. The maximum atomic E-state index is 12.3. The molecule has 6 heteroatoms. The van der Waals surface area contributed by atoms with Crippen LogP contribution in [0, 0.1) is 5.41 Å². The van der Waals surface area contributed by atoms with E-state index in [4.69, 9.17) is 4.74 Å². The zero-order valence-electron chi connectivity index (χ0n) is 15.2. The molecule has 1 heterocycles. The fraction of sp³-hybridized carbons (Fsp3) is 0.600. The molecule has 1 fully saturated rings. The molecule has 0 atom stereocenters. The molecule has 0 aromatic heterocycles. The number of nitrogens with zero attached hydrogens (tertiary/aromatic N) is 1. The van der Waals surface area contributed by atoms with Gasteiger partial charge >= 0.3 is 0 Å². The van der Waals surface area contributed by atoms with Crippen molar-refractivity contribution in [2.24, 2.45) is 5.41 Å². The van der Waals surface area contributed by atoms with Gasteiger partial charge in [-0.05, 0) is 30.4 Å². The van der Waals surface area contributed by atoms with Gasteiger partial charge in [0, 0.05) is 25.0 Å². The maximum absolute atomic E-state index is 12.3. The molecule has 0 radical (unpaired) electrons. The fourth-order valence-electron chi connectivity index (χ4n) is 3.88. The Hall–Kier alpha value is -1.92. The number of benzene rings is 1. The second-order valence-electron chi connectivity index (χ2n) is 7.47. The van der Waals surface area contributed by atoms with Crippen LogP contribution in [0.25, 0.3) is 0 Å². The number of fused-ring (bicyclic) bond motifs is 1. The Balaban J connectivity index is 1.37. The standard InChI is InChI=1S/C20H28N2O4/c23-15-20(8-3-4-9-20)14-21-18(24)12-26-13-19(25)22-10-7-16-5-1-2-6-17(16)11-22/h1-2,5-6,23H,3-4,7-15H2,(H,21,24). The normalized spacial score (nSPS) is 18.4. The lowest BCUT2D eigenvalue weighted by Crippen LogP contribution is -2.41. The number of carbonyl (C=O) groups is 2. The van der Waals surface area contributed by atoms with E-state index < -0.39 is 0 Å². The average Bonchev–Trinajstić information content (AvgIpc) is 3.15. The molecular weight excluding hydrogens is 332 g/mol. The molecule has 0 saturated heterocycles. The van der Waals surface area contributed by atoms with Crippen LogP contribution in [0.1, 0.15) is 36.8 Å². The van der Waals surface area contributed by atoms with E-state index in [9.17, 15) is 14.7 Å². The third kappa shape index (κ3) is 4.62. The van der Waals surface area contributed by atoms with E-state index in [0.717, 1.165) is 32.1 Å². The van der Waals surface area contributed by atoms with Crippen molar-refractivity contribution in [2.45, 2.75) is 38.6 Å². The molecule has 26 heavy (non-hydrogen) atoms. The first kappa shape index (κ1) is 18.9. The summed E-state index contributed by atoms with van der Waals surface area (Å²) in [5.41, 5.74) is 2.30. The van der Waals surface area contributed by atoms with Crippen LogP contribution < -0.4 is 5.32 Å². The predicted octanol–water partition coefficient (Wildman–Crippen LogP) is 1.26. The minimum Gasteiger partial charge on any atom is -0.396 e. The van der Waals surface area contributed by atoms with Gasteiger partial charge in [-0.25, -0.2) is 0 Å². The first-order valence-electron chi connectivity index (χ1n) is 9.42. The average molecular weight is 360 g/mol. The summed E-state index contributed by atoms with van der Waals surface area (Å²) in [4.78, 5) is 26.0. The monoisotopic (exact) mass is 360 g/mol. The van der Waals surface area contributed by atoms with Gasteiger partial charge < -0.3 is 20.1 Å². The van der Waals surface area contributed by atoms with E-state index in [1.54, 1.807) is 4.90 Å². The van der Waals surface area contributed by atoms with E-state index in [1.807, 2.05) is 18.2 Å². The third-order valence-electron chi connectivity index (χ3n) is 5.60. The first-order valence-corrected chi connectivity index (χ1v) is 9.42. The first-order chi connectivity index (χ1) is 12.6. The van der Waals surface area contributed by atoms with Crippen LogP contribution in [0.5, 0.6) is 0 Å². The fourth-order valence-corrected chi connectivity index (χ4v) is 3.88. The maximum Gasteiger partial charge on any atom is 0.248 e. The highest BCUT2D eigenvalue weighted by molar-refractivity contribution is 5.79. The number of amides is 2. The molecule has 1 aromatic rings. The van der Waals surface area contributed by atoms with Crippen molar-refractivity contribution in [3.8, 4) is 0 Å². The van der Waals surface area contributed by atoms with Crippen LogP contribution in [-0.2, 0) is 27.3 Å². The van der Waals surface area contributed by atoms with Gasteiger partial charge in [0.2, 0.25) is 11.8 Å². The molecule has 3 rings (SSSR count). The molecule has 2 amide bonds. The Kier molecular flexibility index (Phi) is 6.27. The largest absolute Gasteiger partial charge is 0.396 e. The highest BCUT2D eigenvalue weighted by Crippen LogP contribution is 2.36. The van der Waals surface area contributed by atoms with Crippen molar-refractivity contribution in [2.75, 3.05) is 32.9 Å². The van der Waals surface area contributed by atoms with E-state index in [0.29, 0.717) is 19.6 Å². The highest BCUT2D eigenvalue weighted by Gasteiger charge is 2.33. The number of hydrogen-bond donors (Lipinski definition) is 2. The van der Waals surface area contributed by atoms with Crippen molar-refractivity contribution >= 4 is 11.8 Å². The zero-order valence-corrected chi connectivity index (χ0v) is 15.2. The van der Waals surface area contributed by atoms with Crippen molar-refractivity contribution < 1.29 is 19.4 Å². The van der Waals surface area contributed by atoms with Crippen LogP contribution >= 0.6 is 0 Å². The molecular formula is C20H28N2O4. The van der Waals surface area contributed by atoms with E-state index in [2.05, 4.69) is 11.4 Å². The molecule has 0 spiro atoms. The summed E-state index contributed by atoms with van der Waals surface area (Å²) >= 11 is 0. The lowest BCUT2D eigenvalue weighted by atomic mass is 9.87. The topological polar surface area (TPSA) is 78.9 Å². The number of carbonyl (C=O) groups excluding carboxylic acids is 2. The van der Waals surface area contributed by atoms with E-state index in [1.165, 1.54) is 11.1 Å². The van der Waals surface area contributed by atoms with Gasteiger partial charge in [0.15, 0.2) is 0 Å². The van der Waals surface area contributed by atoms with Crippen LogP contribution in [0.3, 0.4) is 0 Å². The van der Waals surface area contributed by atoms with Crippen LogP contribution in [0.15, 0.2) is 24.3 Å². The summed E-state index contributed by atoms with van der Waals surface area (Å²) in [5, 5.41) is 12.4. The van der Waals surface area contributed by atoms with Crippen LogP contribution in [-0.4, -0.2) is 54.7 Å². The molecule has 1 aliphatic heterocycles. The second kappa shape index (κ2) is 8.64. The molecule has 1 aliphatic carbocycles.